The Hall–Kier alpha value is -1.96. The second kappa shape index (κ2) is 4.71. The first-order chi connectivity index (χ1) is 7.41. The molecule has 0 bridgehead atoms. The van der Waals surface area contributed by atoms with Crippen LogP contribution in [-0.2, 0) is 6.54 Å². The molecule has 8 heteroatoms. The lowest BCUT2D eigenvalue weighted by molar-refractivity contribution is -0.386. The number of hydrogen-bond acceptors (Lipinski definition) is 5. The summed E-state index contributed by atoms with van der Waals surface area (Å²) in [5, 5.41) is 10.5. The molecule has 0 aliphatic rings. The van der Waals surface area contributed by atoms with E-state index in [9.17, 15) is 19.7 Å². The molecule has 0 unspecified atom stereocenters. The van der Waals surface area contributed by atoms with Crippen LogP contribution in [0.3, 0.4) is 0 Å². The van der Waals surface area contributed by atoms with E-state index in [0.717, 1.165) is 10.8 Å². The molecule has 0 saturated carbocycles. The van der Waals surface area contributed by atoms with E-state index < -0.39 is 21.9 Å². The molecule has 1 aromatic heterocycles. The number of aromatic amines is 1. The summed E-state index contributed by atoms with van der Waals surface area (Å²) in [6.45, 7) is 0.826. The Kier molecular flexibility index (Phi) is 3.56. The summed E-state index contributed by atoms with van der Waals surface area (Å²) in [5.41, 5.74) is -2.24. The Bertz CT molecular complexity index is 501. The third-order valence-electron chi connectivity index (χ3n) is 1.98. The minimum Gasteiger partial charge on any atom is -0.308 e. The van der Waals surface area contributed by atoms with E-state index in [2.05, 4.69) is 0 Å². The van der Waals surface area contributed by atoms with Gasteiger partial charge < -0.3 is 4.90 Å². The summed E-state index contributed by atoms with van der Waals surface area (Å²) in [5.74, 6) is 0. The highest BCUT2D eigenvalue weighted by Crippen LogP contribution is 1.98. The van der Waals surface area contributed by atoms with Crippen LogP contribution < -0.4 is 11.2 Å². The first kappa shape index (κ1) is 12.1. The number of hydrogen-bond donors (Lipinski definition) is 1. The number of nitrogens with one attached hydrogen (secondary N) is 1. The van der Waals surface area contributed by atoms with Crippen LogP contribution in [-0.4, -0.2) is 40.0 Å². The van der Waals surface area contributed by atoms with E-state index in [4.69, 9.17) is 0 Å². The average molecular weight is 228 g/mol. The van der Waals surface area contributed by atoms with Crippen molar-refractivity contribution in [2.45, 2.75) is 6.54 Å². The lowest BCUT2D eigenvalue weighted by Crippen LogP contribution is -2.33. The van der Waals surface area contributed by atoms with Gasteiger partial charge in [-0.05, 0) is 14.1 Å². The van der Waals surface area contributed by atoms with Gasteiger partial charge >= 0.3 is 16.9 Å². The van der Waals surface area contributed by atoms with Crippen LogP contribution in [0, 0.1) is 10.1 Å². The fourth-order valence-corrected chi connectivity index (χ4v) is 1.10. The fraction of sp³-hybridized carbons (Fsp3) is 0.500. The van der Waals surface area contributed by atoms with Gasteiger partial charge in [0, 0.05) is 13.1 Å². The van der Waals surface area contributed by atoms with Gasteiger partial charge in [0.25, 0.3) is 0 Å². The van der Waals surface area contributed by atoms with Gasteiger partial charge in [0.2, 0.25) is 0 Å². The zero-order valence-corrected chi connectivity index (χ0v) is 8.97. The predicted octanol–water partition coefficient (Wildman–Crippen LogP) is -0.994. The first-order valence-electron chi connectivity index (χ1n) is 4.54. The van der Waals surface area contributed by atoms with Crippen LogP contribution in [0.5, 0.6) is 0 Å². The lowest BCUT2D eigenvalue weighted by atomic mass is 10.5. The van der Waals surface area contributed by atoms with Crippen LogP contribution in [0.4, 0.5) is 5.69 Å². The van der Waals surface area contributed by atoms with Crippen molar-refractivity contribution in [3.8, 4) is 0 Å². The molecule has 8 nitrogen and oxygen atoms in total. The predicted molar refractivity (Wildman–Crippen MR) is 56.5 cm³/mol. The molecular formula is C8H12N4O4. The molecular weight excluding hydrogens is 216 g/mol. The van der Waals surface area contributed by atoms with Gasteiger partial charge in [-0.25, -0.2) is 4.79 Å². The molecule has 0 aliphatic carbocycles. The standard InChI is InChI=1S/C8H12N4O4/c1-10(2)3-4-11-5-6(12(15)16)7(13)9-8(11)14/h5H,3-4H2,1-2H3,(H,9,13,14). The minimum absolute atomic E-state index is 0.281. The second-order valence-electron chi connectivity index (χ2n) is 3.53. The molecule has 1 aromatic rings. The molecule has 0 aliphatic heterocycles. The molecule has 0 saturated heterocycles. The Labute approximate surface area is 90.3 Å². The third kappa shape index (κ3) is 2.76. The van der Waals surface area contributed by atoms with E-state index in [0.29, 0.717) is 6.54 Å². The minimum atomic E-state index is -0.976. The topological polar surface area (TPSA) is 101 Å². The molecule has 0 amide bonds. The van der Waals surface area contributed by atoms with Gasteiger partial charge in [-0.2, -0.15) is 0 Å². The Morgan fingerprint density at radius 1 is 1.50 bits per heavy atom. The van der Waals surface area contributed by atoms with Crippen molar-refractivity contribution in [3.05, 3.63) is 37.1 Å². The molecule has 0 aromatic carbocycles. The summed E-state index contributed by atoms with van der Waals surface area (Å²) >= 11 is 0. The summed E-state index contributed by atoms with van der Waals surface area (Å²) < 4.78 is 1.11. The van der Waals surface area contributed by atoms with Gasteiger partial charge in [-0.15, -0.1) is 0 Å². The summed E-state index contributed by atoms with van der Waals surface area (Å²) in [4.78, 5) is 35.7. The highest BCUT2D eigenvalue weighted by Gasteiger charge is 2.14. The lowest BCUT2D eigenvalue weighted by Gasteiger charge is -2.10. The molecule has 0 fully saturated rings. The highest BCUT2D eigenvalue weighted by molar-refractivity contribution is 5.20. The maximum atomic E-state index is 11.3. The van der Waals surface area contributed by atoms with Crippen molar-refractivity contribution >= 4 is 5.69 Å². The summed E-state index contributed by atoms with van der Waals surface area (Å²) in [6, 6.07) is 0. The Balaban J connectivity index is 3.10. The second-order valence-corrected chi connectivity index (χ2v) is 3.53. The molecule has 0 spiro atoms. The van der Waals surface area contributed by atoms with Crippen molar-refractivity contribution in [1.29, 1.82) is 0 Å². The van der Waals surface area contributed by atoms with Gasteiger partial charge in [0.05, 0.1) is 11.1 Å². The zero-order valence-electron chi connectivity index (χ0n) is 8.97. The van der Waals surface area contributed by atoms with Crippen LogP contribution in [0.2, 0.25) is 0 Å². The normalized spacial score (nSPS) is 10.7. The van der Waals surface area contributed by atoms with E-state index in [1.54, 1.807) is 0 Å². The van der Waals surface area contributed by atoms with Gasteiger partial charge in [-0.1, -0.05) is 0 Å². The van der Waals surface area contributed by atoms with Crippen LogP contribution in [0.25, 0.3) is 0 Å². The van der Waals surface area contributed by atoms with E-state index in [1.807, 2.05) is 24.0 Å². The smallest absolute Gasteiger partial charge is 0.308 e. The number of nitro groups is 1. The Morgan fingerprint density at radius 2 is 2.12 bits per heavy atom. The number of rotatable bonds is 4. The van der Waals surface area contributed by atoms with E-state index in [-0.39, 0.29) is 6.54 Å². The number of likely N-dealkylation sites (N-methyl/N-ethyl adjacent to an activating group) is 1. The van der Waals surface area contributed by atoms with Crippen LogP contribution in [0.15, 0.2) is 15.8 Å². The molecule has 16 heavy (non-hydrogen) atoms. The van der Waals surface area contributed by atoms with Gasteiger partial charge in [0.15, 0.2) is 0 Å². The first-order valence-corrected chi connectivity index (χ1v) is 4.54. The van der Waals surface area contributed by atoms with Gasteiger partial charge in [-0.3, -0.25) is 24.5 Å². The summed E-state index contributed by atoms with van der Waals surface area (Å²) in [7, 11) is 3.62. The van der Waals surface area contributed by atoms with Crippen LogP contribution >= 0.6 is 0 Å². The molecule has 1 rings (SSSR count). The van der Waals surface area contributed by atoms with Gasteiger partial charge in [0.1, 0.15) is 0 Å². The Morgan fingerprint density at radius 3 is 2.62 bits per heavy atom. The number of nitrogens with zero attached hydrogens (tertiary/aromatic N) is 3. The number of aromatic nitrogens is 2. The summed E-state index contributed by atoms with van der Waals surface area (Å²) in [6.07, 6.45) is 0.963. The van der Waals surface area contributed by atoms with Crippen molar-refractivity contribution in [2.75, 3.05) is 20.6 Å². The fourth-order valence-electron chi connectivity index (χ4n) is 1.10. The number of H-pyrrole nitrogens is 1. The third-order valence-corrected chi connectivity index (χ3v) is 1.98. The largest absolute Gasteiger partial charge is 0.350 e. The van der Waals surface area contributed by atoms with E-state index >= 15 is 0 Å². The molecule has 0 radical (unpaired) electrons. The monoisotopic (exact) mass is 228 g/mol. The van der Waals surface area contributed by atoms with Crippen molar-refractivity contribution in [1.82, 2.24) is 14.5 Å². The average Bonchev–Trinajstić information content (AvgIpc) is 2.15. The molecule has 88 valence electrons. The quantitative estimate of drug-likeness (QED) is 0.526. The highest BCUT2D eigenvalue weighted by atomic mass is 16.6. The van der Waals surface area contributed by atoms with Crippen molar-refractivity contribution in [2.24, 2.45) is 0 Å². The molecule has 1 heterocycles. The van der Waals surface area contributed by atoms with Crippen molar-refractivity contribution in [3.63, 3.8) is 0 Å². The molecule has 0 atom stereocenters. The molecule has 1 N–H and O–H groups in total. The maximum Gasteiger partial charge on any atom is 0.350 e. The van der Waals surface area contributed by atoms with Crippen molar-refractivity contribution < 1.29 is 4.92 Å². The van der Waals surface area contributed by atoms with Crippen LogP contribution in [0.1, 0.15) is 0 Å². The van der Waals surface area contributed by atoms with E-state index in [1.165, 1.54) is 0 Å². The SMILES string of the molecule is CN(C)CCn1cc([N+](=O)[O-])c(=O)[nH]c1=O. The zero-order chi connectivity index (χ0) is 12.3. The maximum absolute atomic E-state index is 11.3.